The summed E-state index contributed by atoms with van der Waals surface area (Å²) in [5.41, 5.74) is 0.194. The van der Waals surface area contributed by atoms with E-state index >= 15 is 0 Å². The van der Waals surface area contributed by atoms with Crippen LogP contribution in [0.4, 0.5) is 0 Å². The maximum atomic E-state index is 11.2. The highest BCUT2D eigenvalue weighted by Gasteiger charge is 2.46. The minimum Gasteiger partial charge on any atom is -0.410 e. The van der Waals surface area contributed by atoms with Crippen LogP contribution in [0.1, 0.15) is 26.3 Å². The van der Waals surface area contributed by atoms with Gasteiger partial charge in [0, 0.05) is 6.92 Å². The van der Waals surface area contributed by atoms with Gasteiger partial charge < -0.3 is 4.74 Å². The molecule has 0 radical (unpaired) electrons. The number of carbonyl (C=O) groups excluding carboxylic acids is 1. The standard InChI is InChI=1S/C13H16N2O3/c1-10(16)17-13(15-14-12(2,3)18-13)9-11-7-5-4-6-8-11/h4-8H,9H2,1-3H3. The number of benzene rings is 1. The predicted octanol–water partition coefficient (Wildman–Crippen LogP) is 2.66. The summed E-state index contributed by atoms with van der Waals surface area (Å²) in [6.07, 6.45) is 0.348. The van der Waals surface area contributed by atoms with Gasteiger partial charge in [-0.25, -0.2) is 0 Å². The topological polar surface area (TPSA) is 60.2 Å². The largest absolute Gasteiger partial charge is 0.410 e. The van der Waals surface area contributed by atoms with Gasteiger partial charge in [-0.15, -0.1) is 5.11 Å². The average Bonchev–Trinajstić information content (AvgIpc) is 2.54. The van der Waals surface area contributed by atoms with Crippen molar-refractivity contribution in [3.05, 3.63) is 35.9 Å². The lowest BCUT2D eigenvalue weighted by molar-refractivity contribution is -0.241. The highest BCUT2D eigenvalue weighted by atomic mass is 16.8. The molecule has 1 heterocycles. The first-order valence-electron chi connectivity index (χ1n) is 5.79. The number of carbonyl (C=O) groups is 1. The van der Waals surface area contributed by atoms with Crippen LogP contribution >= 0.6 is 0 Å². The summed E-state index contributed by atoms with van der Waals surface area (Å²) in [5.74, 6) is -1.78. The number of nitrogens with zero attached hydrogens (tertiary/aromatic N) is 2. The van der Waals surface area contributed by atoms with Gasteiger partial charge in [0.25, 0.3) is 0 Å². The molecule has 1 aliphatic heterocycles. The molecule has 1 unspecified atom stereocenters. The Bertz CT molecular complexity index is 470. The Morgan fingerprint density at radius 1 is 1.28 bits per heavy atom. The van der Waals surface area contributed by atoms with E-state index in [4.69, 9.17) is 9.47 Å². The molecular formula is C13H16N2O3. The van der Waals surface area contributed by atoms with Crippen molar-refractivity contribution >= 4 is 5.97 Å². The fourth-order valence-corrected chi connectivity index (χ4v) is 1.85. The number of hydrogen-bond donors (Lipinski definition) is 0. The van der Waals surface area contributed by atoms with E-state index in [2.05, 4.69) is 10.2 Å². The Hall–Kier alpha value is -1.75. The summed E-state index contributed by atoms with van der Waals surface area (Å²) < 4.78 is 10.9. The zero-order valence-corrected chi connectivity index (χ0v) is 10.7. The lowest BCUT2D eigenvalue weighted by atomic mass is 10.1. The Morgan fingerprint density at radius 2 is 1.94 bits per heavy atom. The van der Waals surface area contributed by atoms with E-state index in [0.717, 1.165) is 5.56 Å². The number of azo groups is 1. The van der Waals surface area contributed by atoms with Crippen LogP contribution in [0.3, 0.4) is 0 Å². The van der Waals surface area contributed by atoms with Gasteiger partial charge in [-0.2, -0.15) is 5.11 Å². The molecule has 0 N–H and O–H groups in total. The molecule has 5 nitrogen and oxygen atoms in total. The Balaban J connectivity index is 2.22. The fourth-order valence-electron chi connectivity index (χ4n) is 1.85. The van der Waals surface area contributed by atoms with Gasteiger partial charge in [-0.05, 0) is 19.4 Å². The van der Waals surface area contributed by atoms with Gasteiger partial charge in [0.2, 0.25) is 0 Å². The number of rotatable bonds is 3. The van der Waals surface area contributed by atoms with E-state index in [9.17, 15) is 4.79 Å². The van der Waals surface area contributed by atoms with Crippen LogP contribution < -0.4 is 0 Å². The van der Waals surface area contributed by atoms with E-state index in [1.807, 2.05) is 30.3 Å². The van der Waals surface area contributed by atoms with E-state index in [-0.39, 0.29) is 0 Å². The maximum absolute atomic E-state index is 11.2. The molecule has 0 fully saturated rings. The first-order valence-corrected chi connectivity index (χ1v) is 5.79. The molecule has 0 saturated carbocycles. The molecule has 0 saturated heterocycles. The lowest BCUT2D eigenvalue weighted by Gasteiger charge is -2.26. The molecule has 0 aliphatic carbocycles. The normalized spacial score (nSPS) is 25.1. The Morgan fingerprint density at radius 3 is 2.44 bits per heavy atom. The van der Waals surface area contributed by atoms with Crippen molar-refractivity contribution in [1.29, 1.82) is 0 Å². The number of ether oxygens (including phenoxy) is 2. The summed E-state index contributed by atoms with van der Waals surface area (Å²) in [5, 5.41) is 8.01. The minimum atomic E-state index is -1.34. The fraction of sp³-hybridized carbons (Fsp3) is 0.462. The molecule has 1 aliphatic rings. The first-order chi connectivity index (χ1) is 8.41. The highest BCUT2D eigenvalue weighted by molar-refractivity contribution is 5.66. The SMILES string of the molecule is CC(=O)OC1(Cc2ccccc2)N=NC(C)(C)O1. The molecule has 1 atom stereocenters. The van der Waals surface area contributed by atoms with Crippen molar-refractivity contribution in [2.24, 2.45) is 10.2 Å². The third-order valence-corrected chi connectivity index (χ3v) is 2.43. The van der Waals surface area contributed by atoms with Gasteiger partial charge >= 0.3 is 11.9 Å². The summed E-state index contributed by atoms with van der Waals surface area (Å²) in [6, 6.07) is 9.59. The van der Waals surface area contributed by atoms with Crippen LogP contribution in [-0.2, 0) is 20.7 Å². The molecule has 96 valence electrons. The summed E-state index contributed by atoms with van der Waals surface area (Å²) in [6.45, 7) is 4.87. The molecule has 1 aromatic rings. The summed E-state index contributed by atoms with van der Waals surface area (Å²) >= 11 is 0. The molecule has 1 aromatic carbocycles. The van der Waals surface area contributed by atoms with Crippen molar-refractivity contribution in [2.45, 2.75) is 38.8 Å². The predicted molar refractivity (Wildman–Crippen MR) is 64.7 cm³/mol. The van der Waals surface area contributed by atoms with Gasteiger partial charge in [0.1, 0.15) is 0 Å². The second-order valence-corrected chi connectivity index (χ2v) is 4.72. The quantitative estimate of drug-likeness (QED) is 0.772. The second-order valence-electron chi connectivity index (χ2n) is 4.72. The van der Waals surface area contributed by atoms with Gasteiger partial charge in [0.15, 0.2) is 5.72 Å². The zero-order valence-electron chi connectivity index (χ0n) is 10.7. The van der Waals surface area contributed by atoms with Gasteiger partial charge in [0.05, 0.1) is 6.42 Å². The molecule has 18 heavy (non-hydrogen) atoms. The summed E-state index contributed by atoms with van der Waals surface area (Å²) in [4.78, 5) is 11.2. The molecule has 0 spiro atoms. The Kier molecular flexibility index (Phi) is 3.17. The van der Waals surface area contributed by atoms with Crippen LogP contribution in [0.2, 0.25) is 0 Å². The number of hydrogen-bond acceptors (Lipinski definition) is 5. The van der Waals surface area contributed by atoms with Crippen molar-refractivity contribution in [3.8, 4) is 0 Å². The van der Waals surface area contributed by atoms with Crippen molar-refractivity contribution in [2.75, 3.05) is 0 Å². The Labute approximate surface area is 106 Å². The second kappa shape index (κ2) is 4.49. The zero-order chi connectivity index (χ0) is 13.2. The molecule has 2 rings (SSSR count). The van der Waals surface area contributed by atoms with E-state index in [0.29, 0.717) is 6.42 Å². The van der Waals surface area contributed by atoms with E-state index in [1.165, 1.54) is 6.92 Å². The van der Waals surface area contributed by atoms with Crippen LogP contribution in [0.15, 0.2) is 40.6 Å². The van der Waals surface area contributed by atoms with E-state index in [1.54, 1.807) is 13.8 Å². The van der Waals surface area contributed by atoms with Crippen molar-refractivity contribution in [1.82, 2.24) is 0 Å². The van der Waals surface area contributed by atoms with Crippen molar-refractivity contribution < 1.29 is 14.3 Å². The van der Waals surface area contributed by atoms with Gasteiger partial charge in [-0.1, -0.05) is 30.3 Å². The van der Waals surface area contributed by atoms with Crippen LogP contribution in [-0.4, -0.2) is 17.6 Å². The third kappa shape index (κ3) is 2.92. The van der Waals surface area contributed by atoms with Crippen LogP contribution in [0, 0.1) is 0 Å². The highest BCUT2D eigenvalue weighted by Crippen LogP contribution is 2.35. The molecule has 5 heteroatoms. The molecule has 0 aromatic heterocycles. The molecular weight excluding hydrogens is 232 g/mol. The minimum absolute atomic E-state index is 0.348. The molecule has 0 bridgehead atoms. The van der Waals surface area contributed by atoms with Gasteiger partial charge in [-0.3, -0.25) is 9.53 Å². The molecule has 0 amide bonds. The average molecular weight is 248 g/mol. The van der Waals surface area contributed by atoms with Crippen LogP contribution in [0.25, 0.3) is 0 Å². The lowest BCUT2D eigenvalue weighted by Crippen LogP contribution is -2.39. The third-order valence-electron chi connectivity index (χ3n) is 2.43. The number of esters is 1. The summed E-state index contributed by atoms with van der Waals surface area (Å²) in [7, 11) is 0. The monoisotopic (exact) mass is 248 g/mol. The first kappa shape index (κ1) is 12.7. The van der Waals surface area contributed by atoms with Crippen LogP contribution in [0.5, 0.6) is 0 Å². The smallest absolute Gasteiger partial charge is 0.338 e. The van der Waals surface area contributed by atoms with Crippen molar-refractivity contribution in [3.63, 3.8) is 0 Å². The van der Waals surface area contributed by atoms with E-state index < -0.39 is 17.6 Å². The maximum Gasteiger partial charge on any atom is 0.338 e.